The second-order valence-corrected chi connectivity index (χ2v) is 12.3. The molecule has 6 rings (SSSR count). The monoisotopic (exact) mass is 584 g/mol. The first-order valence-corrected chi connectivity index (χ1v) is 16.7. The lowest BCUT2D eigenvalue weighted by Gasteiger charge is -2.32. The van der Waals surface area contributed by atoms with Crippen molar-refractivity contribution < 1.29 is 14.3 Å². The highest BCUT2D eigenvalue weighted by molar-refractivity contribution is 6.11. The van der Waals surface area contributed by atoms with Crippen molar-refractivity contribution in [2.45, 2.75) is 77.6 Å². The lowest BCUT2D eigenvalue weighted by Crippen LogP contribution is -2.18. The predicted octanol–water partition coefficient (Wildman–Crippen LogP) is 11.5. The molecule has 0 amide bonds. The highest BCUT2D eigenvalue weighted by Gasteiger charge is 2.33. The zero-order valence-electron chi connectivity index (χ0n) is 26.2. The Kier molecular flexibility index (Phi) is 9.61. The van der Waals surface area contributed by atoms with E-state index in [0.717, 1.165) is 69.2 Å². The minimum atomic E-state index is -0.335. The zero-order valence-corrected chi connectivity index (χ0v) is 26.2. The van der Waals surface area contributed by atoms with Gasteiger partial charge in [0, 0.05) is 16.5 Å². The molecule has 0 bridgehead atoms. The fraction of sp³-hybridized carbons (Fsp3) is 0.341. The lowest BCUT2D eigenvalue weighted by molar-refractivity contribution is 0.0732. The van der Waals surface area contributed by atoms with Crippen LogP contribution in [0.3, 0.4) is 0 Å². The normalized spacial score (nSPS) is 16.7. The molecule has 0 saturated heterocycles. The molecule has 1 saturated carbocycles. The van der Waals surface area contributed by atoms with Gasteiger partial charge in [0.15, 0.2) is 0 Å². The Labute approximate surface area is 262 Å². The van der Waals surface area contributed by atoms with Crippen molar-refractivity contribution in [2.75, 3.05) is 6.61 Å². The molecule has 0 aliphatic heterocycles. The minimum absolute atomic E-state index is 0.251. The highest BCUT2D eigenvalue weighted by atomic mass is 16.5. The third kappa shape index (κ3) is 6.24. The van der Waals surface area contributed by atoms with Gasteiger partial charge in [-0.3, -0.25) is 0 Å². The molecule has 3 heteroatoms. The van der Waals surface area contributed by atoms with Crippen LogP contribution in [-0.2, 0) is 0 Å². The number of carbonyl (C=O) groups excluding carboxylic acids is 1. The van der Waals surface area contributed by atoms with Gasteiger partial charge in [0.2, 0.25) is 0 Å². The quantitative estimate of drug-likeness (QED) is 0.0880. The summed E-state index contributed by atoms with van der Waals surface area (Å²) in [7, 11) is 0. The van der Waals surface area contributed by atoms with Gasteiger partial charge in [0.25, 0.3) is 0 Å². The Bertz CT molecular complexity index is 1710. The number of fused-ring (bicyclic) bond motifs is 2. The zero-order chi connectivity index (χ0) is 30.3. The van der Waals surface area contributed by atoms with Crippen molar-refractivity contribution in [3.8, 4) is 22.6 Å². The van der Waals surface area contributed by atoms with Crippen molar-refractivity contribution in [2.24, 2.45) is 5.92 Å². The maximum atomic E-state index is 13.9. The van der Waals surface area contributed by atoms with Crippen LogP contribution in [0.1, 0.15) is 93.5 Å². The summed E-state index contributed by atoms with van der Waals surface area (Å²) >= 11 is 0. The largest absolute Gasteiger partial charge is 0.493 e. The van der Waals surface area contributed by atoms with E-state index in [2.05, 4.69) is 80.6 Å². The summed E-state index contributed by atoms with van der Waals surface area (Å²) in [5, 5.41) is 4.44. The Hall–Kier alpha value is -4.11. The second kappa shape index (κ2) is 14.1. The SMILES string of the molecule is CCCCCC1CCC(c2c(OC(=O)c3ccccc3)c(-c3cccc4ccccc34)c3ccccc3c2OCCC)CC1. The average Bonchev–Trinajstić information content (AvgIpc) is 3.08. The molecule has 226 valence electrons. The second-order valence-electron chi connectivity index (χ2n) is 12.3. The third-order valence-electron chi connectivity index (χ3n) is 9.34. The van der Waals surface area contributed by atoms with Crippen molar-refractivity contribution in [3.05, 3.63) is 108 Å². The minimum Gasteiger partial charge on any atom is -0.493 e. The summed E-state index contributed by atoms with van der Waals surface area (Å²) in [5.74, 6) is 2.23. The van der Waals surface area contributed by atoms with Gasteiger partial charge >= 0.3 is 5.97 Å². The molecule has 1 aliphatic rings. The van der Waals surface area contributed by atoms with Gasteiger partial charge in [0.05, 0.1) is 12.2 Å². The van der Waals surface area contributed by atoms with Gasteiger partial charge in [-0.1, -0.05) is 124 Å². The maximum absolute atomic E-state index is 13.9. The fourth-order valence-corrected chi connectivity index (χ4v) is 7.10. The van der Waals surface area contributed by atoms with Crippen molar-refractivity contribution >= 4 is 27.5 Å². The summed E-state index contributed by atoms with van der Waals surface area (Å²) in [4.78, 5) is 13.9. The van der Waals surface area contributed by atoms with Crippen LogP contribution in [-0.4, -0.2) is 12.6 Å². The molecule has 0 radical (unpaired) electrons. The van der Waals surface area contributed by atoms with E-state index in [1.165, 1.54) is 38.5 Å². The summed E-state index contributed by atoms with van der Waals surface area (Å²) in [6, 6.07) is 32.8. The van der Waals surface area contributed by atoms with E-state index in [1.54, 1.807) is 0 Å². The first kappa shape index (κ1) is 29.9. The molecular formula is C41H44O3. The van der Waals surface area contributed by atoms with Crippen LogP contribution in [0, 0.1) is 5.92 Å². The van der Waals surface area contributed by atoms with Crippen LogP contribution < -0.4 is 9.47 Å². The molecular weight excluding hydrogens is 540 g/mol. The van der Waals surface area contributed by atoms with E-state index >= 15 is 0 Å². The number of hydrogen-bond acceptors (Lipinski definition) is 3. The van der Waals surface area contributed by atoms with Gasteiger partial charge in [-0.15, -0.1) is 0 Å². The van der Waals surface area contributed by atoms with E-state index in [0.29, 0.717) is 17.9 Å². The first-order valence-electron chi connectivity index (χ1n) is 16.7. The van der Waals surface area contributed by atoms with Gasteiger partial charge in [0.1, 0.15) is 11.5 Å². The van der Waals surface area contributed by atoms with E-state index in [4.69, 9.17) is 9.47 Å². The van der Waals surface area contributed by atoms with Crippen LogP contribution in [0.25, 0.3) is 32.7 Å². The van der Waals surface area contributed by atoms with Gasteiger partial charge in [-0.05, 0) is 77.8 Å². The summed E-state index contributed by atoms with van der Waals surface area (Å²) in [5.41, 5.74) is 3.67. The van der Waals surface area contributed by atoms with Gasteiger partial charge in [-0.2, -0.15) is 0 Å². The van der Waals surface area contributed by atoms with E-state index in [9.17, 15) is 4.79 Å². The van der Waals surface area contributed by atoms with Crippen LogP contribution in [0.4, 0.5) is 0 Å². The summed E-state index contributed by atoms with van der Waals surface area (Å²) < 4.78 is 13.3. The number of hydrogen-bond donors (Lipinski definition) is 0. The molecule has 5 aromatic rings. The number of esters is 1. The van der Waals surface area contributed by atoms with Crippen LogP contribution >= 0.6 is 0 Å². The van der Waals surface area contributed by atoms with Crippen LogP contribution in [0.2, 0.25) is 0 Å². The third-order valence-corrected chi connectivity index (χ3v) is 9.34. The summed E-state index contributed by atoms with van der Waals surface area (Å²) in [6.07, 6.45) is 10.7. The topological polar surface area (TPSA) is 35.5 Å². The molecule has 0 aromatic heterocycles. The predicted molar refractivity (Wildman–Crippen MR) is 183 cm³/mol. The van der Waals surface area contributed by atoms with E-state index < -0.39 is 0 Å². The van der Waals surface area contributed by atoms with E-state index in [1.807, 2.05) is 30.3 Å². The fourth-order valence-electron chi connectivity index (χ4n) is 7.10. The number of carbonyl (C=O) groups is 1. The molecule has 3 nitrogen and oxygen atoms in total. The molecule has 44 heavy (non-hydrogen) atoms. The molecule has 0 heterocycles. The van der Waals surface area contributed by atoms with E-state index in [-0.39, 0.29) is 11.9 Å². The average molecular weight is 585 g/mol. The molecule has 0 N–H and O–H groups in total. The molecule has 1 fully saturated rings. The van der Waals surface area contributed by atoms with Crippen LogP contribution in [0.5, 0.6) is 11.5 Å². The molecule has 0 unspecified atom stereocenters. The van der Waals surface area contributed by atoms with Crippen molar-refractivity contribution in [3.63, 3.8) is 0 Å². The maximum Gasteiger partial charge on any atom is 0.343 e. The highest BCUT2D eigenvalue weighted by Crippen LogP contribution is 2.53. The molecule has 5 aromatic carbocycles. The molecule has 0 atom stereocenters. The van der Waals surface area contributed by atoms with Gasteiger partial charge < -0.3 is 9.47 Å². The van der Waals surface area contributed by atoms with Crippen molar-refractivity contribution in [1.82, 2.24) is 0 Å². The smallest absolute Gasteiger partial charge is 0.343 e. The Morgan fingerprint density at radius 2 is 1.36 bits per heavy atom. The van der Waals surface area contributed by atoms with Gasteiger partial charge in [-0.25, -0.2) is 4.79 Å². The Balaban J connectivity index is 1.58. The Morgan fingerprint density at radius 3 is 2.11 bits per heavy atom. The summed E-state index contributed by atoms with van der Waals surface area (Å²) in [6.45, 7) is 5.04. The lowest BCUT2D eigenvalue weighted by atomic mass is 9.75. The number of rotatable bonds is 11. The number of benzene rings is 5. The number of unbranched alkanes of at least 4 members (excludes halogenated alkanes) is 2. The Morgan fingerprint density at radius 1 is 0.682 bits per heavy atom. The standard InChI is InChI=1S/C41H44O3/c1-3-5-7-15-29-24-26-31(27-25-29)37-39(43-28-4-2)36-22-13-12-21-35(36)38(34-23-14-19-30-16-10-11-20-33(30)34)40(37)44-41(42)32-17-8-6-9-18-32/h6,8-14,16-23,29,31H,3-5,7,15,24-28H2,1-2H3. The molecule has 1 aliphatic carbocycles. The van der Waals surface area contributed by atoms with Crippen LogP contribution in [0.15, 0.2) is 97.1 Å². The number of ether oxygens (including phenoxy) is 2. The van der Waals surface area contributed by atoms with Crippen molar-refractivity contribution in [1.29, 1.82) is 0 Å². The molecule has 0 spiro atoms. The first-order chi connectivity index (χ1) is 21.7.